The highest BCUT2D eigenvalue weighted by Gasteiger charge is 2.34. The van der Waals surface area contributed by atoms with E-state index in [2.05, 4.69) is 4.98 Å². The van der Waals surface area contributed by atoms with Gasteiger partial charge in [-0.3, -0.25) is 4.79 Å². The lowest BCUT2D eigenvalue weighted by Crippen LogP contribution is -2.41. The van der Waals surface area contributed by atoms with E-state index in [0.29, 0.717) is 25.1 Å². The van der Waals surface area contributed by atoms with Gasteiger partial charge < -0.3 is 4.90 Å². The van der Waals surface area contributed by atoms with E-state index in [1.807, 2.05) is 37.3 Å². The van der Waals surface area contributed by atoms with Crippen LogP contribution >= 0.6 is 11.3 Å². The van der Waals surface area contributed by atoms with E-state index in [0.717, 1.165) is 10.6 Å². The number of thiazole rings is 1. The molecule has 1 fully saturated rings. The molecule has 1 amide bonds. The number of hydrogen-bond donors (Lipinski definition) is 0. The number of aromatic nitrogens is 1. The maximum absolute atomic E-state index is 12.7. The fourth-order valence-electron chi connectivity index (χ4n) is 3.00. The molecule has 0 bridgehead atoms. The first-order valence-corrected chi connectivity index (χ1v) is 10.7. The summed E-state index contributed by atoms with van der Waals surface area (Å²) >= 11 is 1.47. The van der Waals surface area contributed by atoms with Crippen LogP contribution in [0.5, 0.6) is 0 Å². The van der Waals surface area contributed by atoms with Gasteiger partial charge in [-0.2, -0.15) is 0 Å². The first-order chi connectivity index (χ1) is 11.5. The predicted molar refractivity (Wildman–Crippen MR) is 95.1 cm³/mol. The van der Waals surface area contributed by atoms with E-state index in [1.54, 1.807) is 10.3 Å². The van der Waals surface area contributed by atoms with Crippen LogP contribution < -0.4 is 0 Å². The number of carbonyl (C=O) groups is 1. The van der Waals surface area contributed by atoms with Gasteiger partial charge >= 0.3 is 0 Å². The van der Waals surface area contributed by atoms with E-state index >= 15 is 0 Å². The number of benzene rings is 1. The molecule has 2 aromatic rings. The average molecular weight is 364 g/mol. The van der Waals surface area contributed by atoms with Crippen molar-refractivity contribution in [2.24, 2.45) is 0 Å². The molecule has 0 aliphatic carbocycles. The van der Waals surface area contributed by atoms with Gasteiger partial charge in [0.25, 0.3) is 5.91 Å². The van der Waals surface area contributed by atoms with Crippen molar-refractivity contribution < 1.29 is 13.2 Å². The summed E-state index contributed by atoms with van der Waals surface area (Å²) in [5.41, 5.74) is 1.57. The van der Waals surface area contributed by atoms with Crippen molar-refractivity contribution in [2.75, 3.05) is 18.1 Å². The lowest BCUT2D eigenvalue weighted by Gasteiger charge is -2.25. The molecule has 0 saturated carbocycles. The van der Waals surface area contributed by atoms with Gasteiger partial charge in [0.2, 0.25) is 0 Å². The minimum atomic E-state index is -3.01. The topological polar surface area (TPSA) is 67.3 Å². The maximum Gasteiger partial charge on any atom is 0.273 e. The molecule has 7 heteroatoms. The largest absolute Gasteiger partial charge is 0.334 e. The zero-order chi connectivity index (χ0) is 17.2. The lowest BCUT2D eigenvalue weighted by atomic mass is 10.2. The fourth-order valence-corrected chi connectivity index (χ4v) is 5.53. The van der Waals surface area contributed by atoms with Crippen LogP contribution in [-0.2, 0) is 16.3 Å². The highest BCUT2D eigenvalue weighted by atomic mass is 32.2. The van der Waals surface area contributed by atoms with Gasteiger partial charge in [0.05, 0.1) is 16.5 Å². The fraction of sp³-hybridized carbons (Fsp3) is 0.412. The molecule has 1 aromatic carbocycles. The van der Waals surface area contributed by atoms with Crippen LogP contribution in [0.3, 0.4) is 0 Å². The molecule has 0 spiro atoms. The highest BCUT2D eigenvalue weighted by molar-refractivity contribution is 7.91. The van der Waals surface area contributed by atoms with Gasteiger partial charge in [0.1, 0.15) is 5.69 Å². The van der Waals surface area contributed by atoms with Crippen molar-refractivity contribution >= 4 is 27.1 Å². The quantitative estimate of drug-likeness (QED) is 0.817. The first-order valence-electron chi connectivity index (χ1n) is 7.98. The number of amides is 1. The van der Waals surface area contributed by atoms with Gasteiger partial charge in [-0.25, -0.2) is 13.4 Å². The summed E-state index contributed by atoms with van der Waals surface area (Å²) in [5.74, 6) is 0.0564. The molecule has 1 saturated heterocycles. The third-order valence-electron chi connectivity index (χ3n) is 4.22. The Hall–Kier alpha value is -1.73. The second-order valence-corrected chi connectivity index (χ2v) is 9.11. The number of hydrogen-bond acceptors (Lipinski definition) is 5. The Morgan fingerprint density at radius 3 is 2.71 bits per heavy atom. The molecule has 1 aliphatic rings. The van der Waals surface area contributed by atoms with E-state index < -0.39 is 9.84 Å². The van der Waals surface area contributed by atoms with Crippen molar-refractivity contribution in [3.8, 4) is 0 Å². The van der Waals surface area contributed by atoms with Crippen molar-refractivity contribution in [2.45, 2.75) is 25.8 Å². The van der Waals surface area contributed by atoms with Gasteiger partial charge in [-0.15, -0.1) is 11.3 Å². The Kier molecular flexibility index (Phi) is 5.01. The first kappa shape index (κ1) is 17.1. The molecule has 0 N–H and O–H groups in total. The SMILES string of the molecule is CCN(C(=O)c1csc(Cc2ccccc2)n1)[C@@H]1CCS(=O)(=O)C1. The number of rotatable bonds is 5. The van der Waals surface area contributed by atoms with Crippen LogP contribution in [0.25, 0.3) is 0 Å². The van der Waals surface area contributed by atoms with Crippen molar-refractivity contribution in [1.82, 2.24) is 9.88 Å². The molecule has 1 aromatic heterocycles. The summed E-state index contributed by atoms with van der Waals surface area (Å²) in [6.45, 7) is 2.37. The second-order valence-electron chi connectivity index (χ2n) is 5.94. The van der Waals surface area contributed by atoms with Crippen molar-refractivity contribution in [1.29, 1.82) is 0 Å². The number of nitrogens with zero attached hydrogens (tertiary/aromatic N) is 2. The molecular weight excluding hydrogens is 344 g/mol. The Morgan fingerprint density at radius 2 is 2.08 bits per heavy atom. The standard InChI is InChI=1S/C17H20N2O3S2/c1-2-19(14-8-9-24(21,22)12-14)17(20)15-11-23-16(18-15)10-13-6-4-3-5-7-13/h3-7,11,14H,2,8-10,12H2,1H3/t14-/m1/s1. The van der Waals surface area contributed by atoms with Crippen molar-refractivity contribution in [3.05, 3.63) is 52.0 Å². The van der Waals surface area contributed by atoms with Gasteiger partial charge in [0.15, 0.2) is 9.84 Å². The maximum atomic E-state index is 12.7. The monoisotopic (exact) mass is 364 g/mol. The normalized spacial score (nSPS) is 19.3. The summed E-state index contributed by atoms with van der Waals surface area (Å²) in [7, 11) is -3.01. The second kappa shape index (κ2) is 7.03. The molecule has 3 rings (SSSR count). The highest BCUT2D eigenvalue weighted by Crippen LogP contribution is 2.21. The summed E-state index contributed by atoms with van der Waals surface area (Å²) in [6, 6.07) is 9.76. The van der Waals surface area contributed by atoms with Crippen LogP contribution in [0.4, 0.5) is 0 Å². The van der Waals surface area contributed by atoms with Gasteiger partial charge in [-0.05, 0) is 18.9 Å². The number of sulfone groups is 1. The van der Waals surface area contributed by atoms with Crippen LogP contribution in [0.15, 0.2) is 35.7 Å². The minimum absolute atomic E-state index is 0.0631. The molecule has 128 valence electrons. The third kappa shape index (κ3) is 3.84. The molecule has 1 aliphatic heterocycles. The van der Waals surface area contributed by atoms with Crippen LogP contribution in [0, 0.1) is 0 Å². The average Bonchev–Trinajstić information content (AvgIpc) is 3.16. The smallest absolute Gasteiger partial charge is 0.273 e. The Morgan fingerprint density at radius 1 is 1.33 bits per heavy atom. The van der Waals surface area contributed by atoms with E-state index in [-0.39, 0.29) is 23.5 Å². The molecule has 2 heterocycles. The molecule has 0 unspecified atom stereocenters. The Labute approximate surface area is 146 Å². The van der Waals surface area contributed by atoms with Crippen LogP contribution in [0.2, 0.25) is 0 Å². The zero-order valence-corrected chi connectivity index (χ0v) is 15.1. The summed E-state index contributed by atoms with van der Waals surface area (Å²) in [5, 5.41) is 2.66. The summed E-state index contributed by atoms with van der Waals surface area (Å²) in [6.07, 6.45) is 1.21. The Balaban J connectivity index is 1.72. The minimum Gasteiger partial charge on any atom is -0.334 e. The predicted octanol–water partition coefficient (Wildman–Crippen LogP) is 2.38. The van der Waals surface area contributed by atoms with Crippen LogP contribution in [-0.4, -0.2) is 48.3 Å². The third-order valence-corrected chi connectivity index (χ3v) is 6.82. The van der Waals surface area contributed by atoms with Crippen molar-refractivity contribution in [3.63, 3.8) is 0 Å². The lowest BCUT2D eigenvalue weighted by molar-refractivity contribution is 0.0703. The van der Waals surface area contributed by atoms with E-state index in [9.17, 15) is 13.2 Å². The van der Waals surface area contributed by atoms with Crippen LogP contribution in [0.1, 0.15) is 34.4 Å². The molecule has 0 radical (unpaired) electrons. The van der Waals surface area contributed by atoms with E-state index in [4.69, 9.17) is 0 Å². The molecular formula is C17H20N2O3S2. The zero-order valence-electron chi connectivity index (χ0n) is 13.5. The molecule has 1 atom stereocenters. The summed E-state index contributed by atoms with van der Waals surface area (Å²) < 4.78 is 23.4. The number of carbonyl (C=O) groups excluding carboxylic acids is 1. The van der Waals surface area contributed by atoms with Gasteiger partial charge in [0, 0.05) is 24.4 Å². The molecule has 5 nitrogen and oxygen atoms in total. The molecule has 24 heavy (non-hydrogen) atoms. The summed E-state index contributed by atoms with van der Waals surface area (Å²) in [4.78, 5) is 18.8. The van der Waals surface area contributed by atoms with Gasteiger partial charge in [-0.1, -0.05) is 30.3 Å². The van der Waals surface area contributed by atoms with E-state index in [1.165, 1.54) is 11.3 Å². The Bertz CT molecular complexity index is 815.